The van der Waals surface area contributed by atoms with E-state index in [0.29, 0.717) is 32.5 Å². The molecule has 0 aromatic heterocycles. The van der Waals surface area contributed by atoms with E-state index in [0.717, 1.165) is 6.54 Å². The molecule has 0 unspecified atom stereocenters. The van der Waals surface area contributed by atoms with Crippen molar-refractivity contribution in [2.45, 2.75) is 25.1 Å². The van der Waals surface area contributed by atoms with Gasteiger partial charge in [0, 0.05) is 19.1 Å². The molecule has 1 rings (SSSR count). The maximum atomic E-state index is 11.9. The summed E-state index contributed by atoms with van der Waals surface area (Å²) in [5.41, 5.74) is 5.41. The topological polar surface area (TPSA) is 87.5 Å². The number of nitrogens with zero attached hydrogens (tertiary/aromatic N) is 1. The fraction of sp³-hybridized carbons (Fsp3) is 1.00. The third-order valence-electron chi connectivity index (χ3n) is 2.82. The Hall–Kier alpha value is -0.420. The number of piperidine rings is 1. The van der Waals surface area contributed by atoms with Crippen molar-refractivity contribution in [2.75, 3.05) is 32.7 Å². The zero-order valence-corrected chi connectivity index (χ0v) is 11.2. The molecule has 0 aromatic rings. The lowest BCUT2D eigenvalue weighted by Crippen LogP contribution is -2.50. The Labute approximate surface area is 110 Å². The standard InChI is InChI=1S/C9H19F3N4O2S/c10-9(11,12)7-14-19(17,18)15-8-1-4-16(5-2-8)6-3-13/h8,14-15H,1-7,13H2. The van der Waals surface area contributed by atoms with Crippen LogP contribution in [0.5, 0.6) is 0 Å². The summed E-state index contributed by atoms with van der Waals surface area (Å²) in [5, 5.41) is 0. The molecule has 0 atom stereocenters. The van der Waals surface area contributed by atoms with E-state index in [2.05, 4.69) is 9.62 Å². The van der Waals surface area contributed by atoms with Crippen LogP contribution in [0.25, 0.3) is 0 Å². The minimum atomic E-state index is -4.56. The molecule has 1 aliphatic rings. The Kier molecular flexibility index (Phi) is 5.99. The molecule has 10 heteroatoms. The van der Waals surface area contributed by atoms with Crippen LogP contribution in [0.15, 0.2) is 0 Å². The van der Waals surface area contributed by atoms with Crippen molar-refractivity contribution < 1.29 is 21.6 Å². The number of hydrogen-bond acceptors (Lipinski definition) is 4. The highest BCUT2D eigenvalue weighted by Gasteiger charge is 2.30. The highest BCUT2D eigenvalue weighted by Crippen LogP contribution is 2.13. The van der Waals surface area contributed by atoms with E-state index < -0.39 is 22.9 Å². The highest BCUT2D eigenvalue weighted by atomic mass is 32.2. The summed E-state index contributed by atoms with van der Waals surface area (Å²) >= 11 is 0. The Bertz CT molecular complexity index is 366. The zero-order valence-electron chi connectivity index (χ0n) is 10.4. The van der Waals surface area contributed by atoms with E-state index in [9.17, 15) is 21.6 Å². The molecule has 1 saturated heterocycles. The summed E-state index contributed by atoms with van der Waals surface area (Å²) in [4.78, 5) is 2.09. The van der Waals surface area contributed by atoms with Gasteiger partial charge >= 0.3 is 6.18 Å². The van der Waals surface area contributed by atoms with Crippen LogP contribution in [-0.4, -0.2) is 58.3 Å². The van der Waals surface area contributed by atoms with Gasteiger partial charge in [-0.3, -0.25) is 0 Å². The molecular formula is C9H19F3N4O2S. The van der Waals surface area contributed by atoms with Gasteiger partial charge in [0.05, 0.1) is 0 Å². The van der Waals surface area contributed by atoms with Crippen LogP contribution in [0.4, 0.5) is 13.2 Å². The van der Waals surface area contributed by atoms with E-state index in [-0.39, 0.29) is 6.04 Å². The van der Waals surface area contributed by atoms with Crippen LogP contribution in [0.2, 0.25) is 0 Å². The number of nitrogens with one attached hydrogen (secondary N) is 2. The predicted molar refractivity (Wildman–Crippen MR) is 64.6 cm³/mol. The lowest BCUT2D eigenvalue weighted by Gasteiger charge is -2.31. The molecule has 0 aliphatic carbocycles. The molecule has 0 saturated carbocycles. The lowest BCUT2D eigenvalue weighted by molar-refractivity contribution is -0.121. The van der Waals surface area contributed by atoms with E-state index in [1.807, 2.05) is 0 Å². The van der Waals surface area contributed by atoms with Crippen molar-refractivity contribution in [1.82, 2.24) is 14.3 Å². The van der Waals surface area contributed by atoms with Gasteiger partial charge in [-0.05, 0) is 25.9 Å². The van der Waals surface area contributed by atoms with Crippen LogP contribution in [0, 0.1) is 0 Å². The molecule has 0 aromatic carbocycles. The molecule has 6 nitrogen and oxygen atoms in total. The van der Waals surface area contributed by atoms with E-state index in [4.69, 9.17) is 5.73 Å². The minimum absolute atomic E-state index is 0.334. The molecule has 1 fully saturated rings. The number of halogens is 3. The van der Waals surface area contributed by atoms with Crippen LogP contribution in [0.1, 0.15) is 12.8 Å². The average molecular weight is 304 g/mol. The van der Waals surface area contributed by atoms with Crippen molar-refractivity contribution >= 4 is 10.2 Å². The molecular weight excluding hydrogens is 285 g/mol. The lowest BCUT2D eigenvalue weighted by atomic mass is 10.1. The second-order valence-corrected chi connectivity index (χ2v) is 5.99. The first kappa shape index (κ1) is 16.6. The Balaban J connectivity index is 2.35. The van der Waals surface area contributed by atoms with Gasteiger partial charge in [-0.15, -0.1) is 0 Å². The highest BCUT2D eigenvalue weighted by molar-refractivity contribution is 7.87. The van der Waals surface area contributed by atoms with Gasteiger partial charge in [0.1, 0.15) is 6.54 Å². The maximum absolute atomic E-state index is 11.9. The summed E-state index contributed by atoms with van der Waals surface area (Å²) < 4.78 is 62.3. The van der Waals surface area contributed by atoms with Gasteiger partial charge < -0.3 is 10.6 Å². The molecule has 0 spiro atoms. The number of hydrogen-bond donors (Lipinski definition) is 3. The van der Waals surface area contributed by atoms with E-state index in [1.165, 1.54) is 4.72 Å². The minimum Gasteiger partial charge on any atom is -0.329 e. The molecule has 1 heterocycles. The van der Waals surface area contributed by atoms with Crippen LogP contribution >= 0.6 is 0 Å². The average Bonchev–Trinajstić information content (AvgIpc) is 2.29. The summed E-state index contributed by atoms with van der Waals surface area (Å²) in [7, 11) is -4.11. The molecule has 0 amide bonds. The van der Waals surface area contributed by atoms with Gasteiger partial charge in [-0.25, -0.2) is 0 Å². The van der Waals surface area contributed by atoms with E-state index >= 15 is 0 Å². The Morgan fingerprint density at radius 1 is 1.26 bits per heavy atom. The largest absolute Gasteiger partial charge is 0.402 e. The fourth-order valence-corrected chi connectivity index (χ4v) is 3.01. The van der Waals surface area contributed by atoms with Crippen LogP contribution in [-0.2, 0) is 10.2 Å². The zero-order chi connectivity index (χ0) is 14.5. The first-order chi connectivity index (χ1) is 8.72. The molecule has 4 N–H and O–H groups in total. The normalized spacial score (nSPS) is 19.8. The first-order valence-corrected chi connectivity index (χ1v) is 7.46. The van der Waals surface area contributed by atoms with Crippen molar-refractivity contribution in [2.24, 2.45) is 5.73 Å². The number of alkyl halides is 3. The number of likely N-dealkylation sites (tertiary alicyclic amines) is 1. The third-order valence-corrected chi connectivity index (χ3v) is 3.99. The third kappa shape index (κ3) is 7.06. The Morgan fingerprint density at radius 2 is 1.84 bits per heavy atom. The molecule has 19 heavy (non-hydrogen) atoms. The second kappa shape index (κ2) is 6.84. The second-order valence-electron chi connectivity index (χ2n) is 4.46. The van der Waals surface area contributed by atoms with Crippen molar-refractivity contribution in [3.8, 4) is 0 Å². The molecule has 114 valence electrons. The summed E-state index contributed by atoms with van der Waals surface area (Å²) in [6, 6.07) is -0.334. The number of nitrogens with two attached hydrogens (primary N) is 1. The molecule has 0 radical (unpaired) electrons. The molecule has 1 aliphatic heterocycles. The van der Waals surface area contributed by atoms with Crippen molar-refractivity contribution in [3.05, 3.63) is 0 Å². The summed E-state index contributed by atoms with van der Waals surface area (Å²) in [6.45, 7) is 1.08. The fourth-order valence-electron chi connectivity index (χ4n) is 1.89. The molecule has 0 bridgehead atoms. The van der Waals surface area contributed by atoms with Crippen LogP contribution in [0.3, 0.4) is 0 Å². The summed E-state index contributed by atoms with van der Waals surface area (Å²) in [6.07, 6.45) is -3.43. The van der Waals surface area contributed by atoms with Gasteiger partial charge in [0.2, 0.25) is 0 Å². The van der Waals surface area contributed by atoms with Gasteiger partial charge in [0.15, 0.2) is 0 Å². The van der Waals surface area contributed by atoms with Crippen LogP contribution < -0.4 is 15.2 Å². The Morgan fingerprint density at radius 3 is 2.32 bits per heavy atom. The van der Waals surface area contributed by atoms with E-state index in [1.54, 1.807) is 0 Å². The predicted octanol–water partition coefficient (Wildman–Crippen LogP) is -0.604. The van der Waals surface area contributed by atoms with Crippen molar-refractivity contribution in [3.63, 3.8) is 0 Å². The SMILES string of the molecule is NCCN1CCC(NS(=O)(=O)NCC(F)(F)F)CC1. The quantitative estimate of drug-likeness (QED) is 0.611. The summed E-state index contributed by atoms with van der Waals surface area (Å²) in [5.74, 6) is 0. The van der Waals surface area contributed by atoms with Crippen molar-refractivity contribution in [1.29, 1.82) is 0 Å². The van der Waals surface area contributed by atoms with Gasteiger partial charge in [-0.1, -0.05) is 0 Å². The van der Waals surface area contributed by atoms with Gasteiger partial charge in [-0.2, -0.15) is 31.0 Å². The maximum Gasteiger partial charge on any atom is 0.402 e. The van der Waals surface area contributed by atoms with Gasteiger partial charge in [0.25, 0.3) is 10.2 Å². The smallest absolute Gasteiger partial charge is 0.329 e. The number of rotatable bonds is 6. The monoisotopic (exact) mass is 304 g/mol. The first-order valence-electron chi connectivity index (χ1n) is 5.98.